The standard InChI is InChI=1S/C9H15NS/c1-9(2,7-10)11-8-5-3-4-6-8/h8H,3-6H2,1-2H3. The van der Waals surface area contributed by atoms with E-state index in [1.807, 2.05) is 25.6 Å². The Bertz CT molecular complexity index is 163. The fourth-order valence-electron chi connectivity index (χ4n) is 1.45. The number of nitrogens with zero attached hydrogens (tertiary/aromatic N) is 1. The molecule has 0 bridgehead atoms. The van der Waals surface area contributed by atoms with Gasteiger partial charge in [-0.2, -0.15) is 5.26 Å². The van der Waals surface area contributed by atoms with Gasteiger partial charge in [0.15, 0.2) is 0 Å². The third-order valence-electron chi connectivity index (χ3n) is 2.03. The van der Waals surface area contributed by atoms with E-state index in [4.69, 9.17) is 5.26 Å². The molecule has 0 heterocycles. The van der Waals surface area contributed by atoms with Crippen molar-refractivity contribution in [3.8, 4) is 6.07 Å². The maximum atomic E-state index is 8.78. The Hall–Kier alpha value is -0.160. The molecule has 1 fully saturated rings. The fourth-order valence-corrected chi connectivity index (χ4v) is 2.90. The Kier molecular flexibility index (Phi) is 2.84. The maximum Gasteiger partial charge on any atom is 0.0970 e. The fraction of sp³-hybridized carbons (Fsp3) is 0.889. The molecular formula is C9H15NS. The van der Waals surface area contributed by atoms with Crippen molar-refractivity contribution >= 4 is 11.8 Å². The highest BCUT2D eigenvalue weighted by molar-refractivity contribution is 8.01. The molecule has 1 rings (SSSR count). The molecule has 0 radical (unpaired) electrons. The lowest BCUT2D eigenvalue weighted by Crippen LogP contribution is -2.15. The molecule has 0 saturated heterocycles. The lowest BCUT2D eigenvalue weighted by Gasteiger charge is -2.19. The van der Waals surface area contributed by atoms with Crippen LogP contribution in [-0.4, -0.2) is 10.00 Å². The van der Waals surface area contributed by atoms with Gasteiger partial charge in [0.1, 0.15) is 0 Å². The van der Waals surface area contributed by atoms with E-state index in [0.29, 0.717) is 0 Å². The minimum atomic E-state index is -0.172. The van der Waals surface area contributed by atoms with E-state index in [2.05, 4.69) is 6.07 Å². The summed E-state index contributed by atoms with van der Waals surface area (Å²) >= 11 is 1.85. The molecule has 1 aliphatic rings. The predicted octanol–water partition coefficient (Wildman–Crippen LogP) is 2.96. The summed E-state index contributed by atoms with van der Waals surface area (Å²) < 4.78 is -0.172. The first-order valence-corrected chi connectivity index (χ1v) is 5.11. The number of rotatable bonds is 2. The summed E-state index contributed by atoms with van der Waals surface area (Å²) in [5.74, 6) is 0. The molecule has 0 spiro atoms. The molecule has 1 saturated carbocycles. The number of hydrogen-bond acceptors (Lipinski definition) is 2. The van der Waals surface area contributed by atoms with E-state index < -0.39 is 0 Å². The van der Waals surface area contributed by atoms with Crippen molar-refractivity contribution in [3.63, 3.8) is 0 Å². The second-order valence-corrected chi connectivity index (χ2v) is 5.57. The molecule has 0 atom stereocenters. The van der Waals surface area contributed by atoms with Crippen molar-refractivity contribution in [2.45, 2.75) is 49.5 Å². The van der Waals surface area contributed by atoms with Gasteiger partial charge in [0.2, 0.25) is 0 Å². The first kappa shape index (κ1) is 8.93. The lowest BCUT2D eigenvalue weighted by molar-refractivity contribution is 0.854. The van der Waals surface area contributed by atoms with E-state index in [-0.39, 0.29) is 4.75 Å². The van der Waals surface area contributed by atoms with E-state index in [9.17, 15) is 0 Å². The number of hydrogen-bond donors (Lipinski definition) is 0. The lowest BCUT2D eigenvalue weighted by atomic mass is 10.2. The molecule has 62 valence electrons. The Labute approximate surface area is 73.2 Å². The molecule has 0 unspecified atom stereocenters. The van der Waals surface area contributed by atoms with Crippen LogP contribution in [-0.2, 0) is 0 Å². The van der Waals surface area contributed by atoms with Crippen LogP contribution in [0.4, 0.5) is 0 Å². The molecule has 1 nitrogen and oxygen atoms in total. The zero-order valence-electron chi connectivity index (χ0n) is 7.26. The van der Waals surface area contributed by atoms with Crippen LogP contribution < -0.4 is 0 Å². The van der Waals surface area contributed by atoms with Crippen LogP contribution >= 0.6 is 11.8 Å². The van der Waals surface area contributed by atoms with Crippen molar-refractivity contribution in [3.05, 3.63) is 0 Å². The van der Waals surface area contributed by atoms with Crippen LogP contribution in [0.25, 0.3) is 0 Å². The zero-order valence-corrected chi connectivity index (χ0v) is 8.08. The predicted molar refractivity (Wildman–Crippen MR) is 49.5 cm³/mol. The van der Waals surface area contributed by atoms with E-state index in [1.54, 1.807) is 0 Å². The molecular weight excluding hydrogens is 154 g/mol. The van der Waals surface area contributed by atoms with Gasteiger partial charge in [0.25, 0.3) is 0 Å². The van der Waals surface area contributed by atoms with Gasteiger partial charge in [-0.15, -0.1) is 11.8 Å². The molecule has 0 aliphatic heterocycles. The van der Waals surface area contributed by atoms with Crippen LogP contribution in [0.1, 0.15) is 39.5 Å². The minimum Gasteiger partial charge on any atom is -0.197 e. The smallest absolute Gasteiger partial charge is 0.0970 e. The summed E-state index contributed by atoms with van der Waals surface area (Å²) in [5.41, 5.74) is 0. The van der Waals surface area contributed by atoms with Gasteiger partial charge in [-0.25, -0.2) is 0 Å². The Balaban J connectivity index is 2.35. The average Bonchev–Trinajstić information content (AvgIpc) is 2.39. The van der Waals surface area contributed by atoms with Crippen molar-refractivity contribution in [2.24, 2.45) is 0 Å². The van der Waals surface area contributed by atoms with Gasteiger partial charge in [-0.05, 0) is 26.7 Å². The van der Waals surface area contributed by atoms with Crippen LogP contribution in [0.15, 0.2) is 0 Å². The van der Waals surface area contributed by atoms with Gasteiger partial charge in [-0.3, -0.25) is 0 Å². The summed E-state index contributed by atoms with van der Waals surface area (Å²) in [5, 5.41) is 9.54. The van der Waals surface area contributed by atoms with Gasteiger partial charge >= 0.3 is 0 Å². The van der Waals surface area contributed by atoms with Gasteiger partial charge in [-0.1, -0.05) is 12.8 Å². The highest BCUT2D eigenvalue weighted by Gasteiger charge is 2.25. The number of nitriles is 1. The summed E-state index contributed by atoms with van der Waals surface area (Å²) in [6, 6.07) is 2.33. The van der Waals surface area contributed by atoms with Crippen LogP contribution in [0.5, 0.6) is 0 Å². The molecule has 0 N–H and O–H groups in total. The van der Waals surface area contributed by atoms with Crippen molar-refractivity contribution in [1.29, 1.82) is 5.26 Å². The van der Waals surface area contributed by atoms with Crippen LogP contribution in [0.2, 0.25) is 0 Å². The van der Waals surface area contributed by atoms with E-state index in [0.717, 1.165) is 5.25 Å². The maximum absolute atomic E-state index is 8.78. The monoisotopic (exact) mass is 169 g/mol. The SMILES string of the molecule is CC(C)(C#N)SC1CCCC1. The Morgan fingerprint density at radius 1 is 1.36 bits per heavy atom. The van der Waals surface area contributed by atoms with Gasteiger partial charge in [0, 0.05) is 5.25 Å². The first-order valence-electron chi connectivity index (χ1n) is 4.23. The third-order valence-corrected chi connectivity index (χ3v) is 3.52. The molecule has 0 aromatic carbocycles. The molecule has 0 amide bonds. The highest BCUT2D eigenvalue weighted by atomic mass is 32.2. The van der Waals surface area contributed by atoms with Gasteiger partial charge < -0.3 is 0 Å². The summed E-state index contributed by atoms with van der Waals surface area (Å²) in [6.45, 7) is 4.02. The minimum absolute atomic E-state index is 0.172. The third kappa shape index (κ3) is 2.75. The zero-order chi connectivity index (χ0) is 8.32. The normalized spacial score (nSPS) is 20.1. The average molecular weight is 169 g/mol. The molecule has 0 aromatic heterocycles. The summed E-state index contributed by atoms with van der Waals surface area (Å²) in [4.78, 5) is 0. The summed E-state index contributed by atoms with van der Waals surface area (Å²) in [6.07, 6.45) is 5.35. The van der Waals surface area contributed by atoms with Crippen molar-refractivity contribution in [2.75, 3.05) is 0 Å². The second kappa shape index (κ2) is 3.49. The van der Waals surface area contributed by atoms with E-state index >= 15 is 0 Å². The molecule has 2 heteroatoms. The number of thioether (sulfide) groups is 1. The Morgan fingerprint density at radius 2 is 1.91 bits per heavy atom. The highest BCUT2D eigenvalue weighted by Crippen LogP contribution is 2.37. The first-order chi connectivity index (χ1) is 5.14. The van der Waals surface area contributed by atoms with Crippen molar-refractivity contribution in [1.82, 2.24) is 0 Å². The molecule has 0 aromatic rings. The van der Waals surface area contributed by atoms with E-state index in [1.165, 1.54) is 25.7 Å². The van der Waals surface area contributed by atoms with Crippen LogP contribution in [0.3, 0.4) is 0 Å². The molecule has 11 heavy (non-hydrogen) atoms. The topological polar surface area (TPSA) is 23.8 Å². The quantitative estimate of drug-likeness (QED) is 0.634. The van der Waals surface area contributed by atoms with Gasteiger partial charge in [0.05, 0.1) is 10.8 Å². The van der Waals surface area contributed by atoms with Crippen molar-refractivity contribution < 1.29 is 0 Å². The molecule has 1 aliphatic carbocycles. The second-order valence-electron chi connectivity index (χ2n) is 3.65. The van der Waals surface area contributed by atoms with Crippen LogP contribution in [0, 0.1) is 11.3 Å². The summed E-state index contributed by atoms with van der Waals surface area (Å²) in [7, 11) is 0. The Morgan fingerprint density at radius 3 is 2.36 bits per heavy atom. The largest absolute Gasteiger partial charge is 0.197 e.